The average Bonchev–Trinajstić information content (AvgIpc) is 2.28. The van der Waals surface area contributed by atoms with Crippen molar-refractivity contribution in [2.24, 2.45) is 5.73 Å². The topological polar surface area (TPSA) is 68.4 Å². The van der Waals surface area contributed by atoms with Crippen LogP contribution in [0.3, 0.4) is 0 Å². The molecule has 0 saturated heterocycles. The fourth-order valence-corrected chi connectivity index (χ4v) is 1.62. The second-order valence-electron chi connectivity index (χ2n) is 3.45. The lowest BCUT2D eigenvalue weighted by Crippen LogP contribution is -2.02. The van der Waals surface area contributed by atoms with Gasteiger partial charge in [0.15, 0.2) is 0 Å². The summed E-state index contributed by atoms with van der Waals surface area (Å²) in [5, 5.41) is 10.3. The van der Waals surface area contributed by atoms with Gasteiger partial charge in [0, 0.05) is 24.1 Å². The maximum atomic E-state index is 9.40. The molecule has 4 heteroatoms. The van der Waals surface area contributed by atoms with E-state index in [0.717, 1.165) is 16.8 Å². The van der Waals surface area contributed by atoms with Crippen LogP contribution < -0.4 is 10.5 Å². The lowest BCUT2D eigenvalue weighted by Gasteiger charge is -2.09. The van der Waals surface area contributed by atoms with Gasteiger partial charge >= 0.3 is 0 Å². The fourth-order valence-electron chi connectivity index (χ4n) is 1.62. The third-order valence-electron chi connectivity index (χ3n) is 2.32. The Labute approximate surface area is 93.7 Å². The molecule has 0 atom stereocenters. The van der Waals surface area contributed by atoms with Crippen LogP contribution in [-0.4, -0.2) is 16.7 Å². The predicted octanol–water partition coefficient (Wildman–Crippen LogP) is 1.80. The van der Waals surface area contributed by atoms with Gasteiger partial charge in [-0.3, -0.25) is 4.98 Å². The van der Waals surface area contributed by atoms with Crippen molar-refractivity contribution in [2.75, 3.05) is 6.61 Å². The molecule has 0 aliphatic heterocycles. The molecule has 0 saturated carbocycles. The Morgan fingerprint density at radius 1 is 1.38 bits per heavy atom. The SMILES string of the molecule is CCOc1cc(CN)nc2cc(O)ccc12. The summed E-state index contributed by atoms with van der Waals surface area (Å²) in [7, 11) is 0. The first-order valence-electron chi connectivity index (χ1n) is 5.20. The zero-order chi connectivity index (χ0) is 11.5. The van der Waals surface area contributed by atoms with E-state index in [1.807, 2.05) is 13.0 Å². The number of rotatable bonds is 3. The first kappa shape index (κ1) is 10.7. The molecular formula is C12H14N2O2. The lowest BCUT2D eigenvalue weighted by molar-refractivity contribution is 0.343. The van der Waals surface area contributed by atoms with Crippen molar-refractivity contribution in [3.8, 4) is 11.5 Å². The molecule has 4 nitrogen and oxygen atoms in total. The summed E-state index contributed by atoms with van der Waals surface area (Å²) in [6.45, 7) is 2.87. The highest BCUT2D eigenvalue weighted by molar-refractivity contribution is 5.86. The van der Waals surface area contributed by atoms with E-state index in [1.165, 1.54) is 0 Å². The number of phenolic OH excluding ortho intramolecular Hbond substituents is 1. The molecule has 84 valence electrons. The minimum atomic E-state index is 0.191. The van der Waals surface area contributed by atoms with Crippen LogP contribution in [0, 0.1) is 0 Å². The van der Waals surface area contributed by atoms with E-state index in [0.29, 0.717) is 18.7 Å². The monoisotopic (exact) mass is 218 g/mol. The average molecular weight is 218 g/mol. The molecule has 0 fully saturated rings. The van der Waals surface area contributed by atoms with E-state index in [9.17, 15) is 5.11 Å². The van der Waals surface area contributed by atoms with Gasteiger partial charge in [0.2, 0.25) is 0 Å². The summed E-state index contributed by atoms with van der Waals surface area (Å²) in [5.41, 5.74) is 7.02. The van der Waals surface area contributed by atoms with Gasteiger partial charge < -0.3 is 15.6 Å². The molecular weight excluding hydrogens is 204 g/mol. The number of aromatic nitrogens is 1. The Kier molecular flexibility index (Phi) is 2.92. The Bertz CT molecular complexity index is 512. The Balaban J connectivity index is 2.66. The van der Waals surface area contributed by atoms with E-state index >= 15 is 0 Å². The van der Waals surface area contributed by atoms with Crippen molar-refractivity contribution in [3.63, 3.8) is 0 Å². The highest BCUT2D eigenvalue weighted by Gasteiger charge is 2.06. The van der Waals surface area contributed by atoms with Crippen LogP contribution in [0.15, 0.2) is 24.3 Å². The molecule has 2 aromatic rings. The minimum Gasteiger partial charge on any atom is -0.508 e. The van der Waals surface area contributed by atoms with E-state index in [2.05, 4.69) is 4.98 Å². The number of ether oxygens (including phenoxy) is 1. The number of hydrogen-bond donors (Lipinski definition) is 2. The summed E-state index contributed by atoms with van der Waals surface area (Å²) in [6, 6.07) is 6.86. The summed E-state index contributed by atoms with van der Waals surface area (Å²) in [5.74, 6) is 0.949. The van der Waals surface area contributed by atoms with Crippen molar-refractivity contribution in [2.45, 2.75) is 13.5 Å². The predicted molar refractivity (Wildman–Crippen MR) is 62.5 cm³/mol. The molecule has 16 heavy (non-hydrogen) atoms. The van der Waals surface area contributed by atoms with E-state index in [1.54, 1.807) is 18.2 Å². The largest absolute Gasteiger partial charge is 0.508 e. The highest BCUT2D eigenvalue weighted by Crippen LogP contribution is 2.28. The van der Waals surface area contributed by atoms with Crippen LogP contribution in [0.1, 0.15) is 12.6 Å². The molecule has 1 heterocycles. The molecule has 0 bridgehead atoms. The van der Waals surface area contributed by atoms with Gasteiger partial charge in [-0.2, -0.15) is 0 Å². The van der Waals surface area contributed by atoms with Gasteiger partial charge in [-0.25, -0.2) is 0 Å². The smallest absolute Gasteiger partial charge is 0.130 e. The third-order valence-corrected chi connectivity index (χ3v) is 2.32. The van der Waals surface area contributed by atoms with Crippen molar-refractivity contribution in [3.05, 3.63) is 30.0 Å². The number of hydrogen-bond acceptors (Lipinski definition) is 4. The molecule has 0 unspecified atom stereocenters. The molecule has 0 amide bonds. The molecule has 1 aromatic heterocycles. The van der Waals surface area contributed by atoms with Gasteiger partial charge in [0.25, 0.3) is 0 Å². The minimum absolute atomic E-state index is 0.191. The molecule has 3 N–H and O–H groups in total. The van der Waals surface area contributed by atoms with E-state index < -0.39 is 0 Å². The van der Waals surface area contributed by atoms with Gasteiger partial charge in [-0.15, -0.1) is 0 Å². The maximum absolute atomic E-state index is 9.40. The molecule has 0 aliphatic carbocycles. The number of aromatic hydroxyl groups is 1. The number of phenols is 1. The van der Waals surface area contributed by atoms with Crippen molar-refractivity contribution >= 4 is 10.9 Å². The maximum Gasteiger partial charge on any atom is 0.130 e. The van der Waals surface area contributed by atoms with Crippen molar-refractivity contribution in [1.82, 2.24) is 4.98 Å². The second-order valence-corrected chi connectivity index (χ2v) is 3.45. The van der Waals surface area contributed by atoms with Gasteiger partial charge in [0.05, 0.1) is 17.8 Å². The number of benzene rings is 1. The quantitative estimate of drug-likeness (QED) is 0.824. The van der Waals surface area contributed by atoms with Crippen molar-refractivity contribution < 1.29 is 9.84 Å². The van der Waals surface area contributed by atoms with Crippen LogP contribution in [0.25, 0.3) is 10.9 Å². The molecule has 0 aliphatic rings. The molecule has 0 spiro atoms. The lowest BCUT2D eigenvalue weighted by atomic mass is 10.1. The summed E-state index contributed by atoms with van der Waals surface area (Å²) >= 11 is 0. The number of nitrogens with two attached hydrogens (primary N) is 1. The summed E-state index contributed by atoms with van der Waals surface area (Å²) in [4.78, 5) is 4.33. The Hall–Kier alpha value is -1.81. The standard InChI is InChI=1S/C12H14N2O2/c1-2-16-12-5-8(7-13)14-11-6-9(15)3-4-10(11)12/h3-6,15H,2,7,13H2,1H3. The zero-order valence-electron chi connectivity index (χ0n) is 9.10. The highest BCUT2D eigenvalue weighted by atomic mass is 16.5. The Morgan fingerprint density at radius 2 is 2.19 bits per heavy atom. The number of fused-ring (bicyclic) bond motifs is 1. The third kappa shape index (κ3) is 1.92. The van der Waals surface area contributed by atoms with Crippen LogP contribution in [0.4, 0.5) is 0 Å². The number of nitrogens with zero attached hydrogens (tertiary/aromatic N) is 1. The van der Waals surface area contributed by atoms with Crippen molar-refractivity contribution in [1.29, 1.82) is 0 Å². The second kappa shape index (κ2) is 4.37. The normalized spacial score (nSPS) is 10.6. The molecule has 1 aromatic carbocycles. The van der Waals surface area contributed by atoms with Crippen LogP contribution in [-0.2, 0) is 6.54 Å². The Morgan fingerprint density at radius 3 is 2.88 bits per heavy atom. The zero-order valence-corrected chi connectivity index (χ0v) is 9.10. The first-order valence-corrected chi connectivity index (χ1v) is 5.20. The van der Waals surface area contributed by atoms with Crippen LogP contribution >= 0.6 is 0 Å². The van der Waals surface area contributed by atoms with Crippen LogP contribution in [0.2, 0.25) is 0 Å². The fraction of sp³-hybridized carbons (Fsp3) is 0.250. The molecule has 2 rings (SSSR count). The molecule has 0 radical (unpaired) electrons. The van der Waals surface area contributed by atoms with Gasteiger partial charge in [0.1, 0.15) is 11.5 Å². The van der Waals surface area contributed by atoms with Gasteiger partial charge in [-0.05, 0) is 19.1 Å². The van der Waals surface area contributed by atoms with E-state index in [-0.39, 0.29) is 5.75 Å². The summed E-state index contributed by atoms with van der Waals surface area (Å²) in [6.07, 6.45) is 0. The summed E-state index contributed by atoms with van der Waals surface area (Å²) < 4.78 is 5.52. The number of pyridine rings is 1. The van der Waals surface area contributed by atoms with E-state index in [4.69, 9.17) is 10.5 Å². The van der Waals surface area contributed by atoms with Crippen LogP contribution in [0.5, 0.6) is 11.5 Å². The first-order chi connectivity index (χ1) is 7.74. The van der Waals surface area contributed by atoms with Gasteiger partial charge in [-0.1, -0.05) is 0 Å².